The van der Waals surface area contributed by atoms with Gasteiger partial charge in [-0.15, -0.1) is 5.10 Å². The van der Waals surface area contributed by atoms with Crippen LogP contribution in [0.3, 0.4) is 0 Å². The Hall–Kier alpha value is -2.24. The number of nitrogens with one attached hydrogen (secondary N) is 2. The summed E-state index contributed by atoms with van der Waals surface area (Å²) in [5.74, 6) is 1.04. The van der Waals surface area contributed by atoms with Gasteiger partial charge in [0, 0.05) is 12.6 Å². The third kappa shape index (κ3) is 3.90. The highest BCUT2D eigenvalue weighted by molar-refractivity contribution is 5.38. The maximum Gasteiger partial charge on any atom is 0.244 e. The summed E-state index contributed by atoms with van der Waals surface area (Å²) in [5, 5.41) is 14.4. The van der Waals surface area contributed by atoms with E-state index in [9.17, 15) is 4.39 Å². The van der Waals surface area contributed by atoms with Crippen LogP contribution in [0.25, 0.3) is 0 Å². The van der Waals surface area contributed by atoms with Crippen LogP contribution in [-0.2, 0) is 6.42 Å². The van der Waals surface area contributed by atoms with Crippen molar-refractivity contribution in [3.63, 3.8) is 0 Å². The lowest BCUT2D eigenvalue weighted by Crippen LogP contribution is -2.17. The van der Waals surface area contributed by atoms with E-state index < -0.39 is 0 Å². The second kappa shape index (κ2) is 7.15. The molecular weight excluding hydrogens is 281 g/mol. The van der Waals surface area contributed by atoms with E-state index in [-0.39, 0.29) is 5.82 Å². The molecule has 1 aromatic carbocycles. The first-order valence-electron chi connectivity index (χ1n) is 7.75. The van der Waals surface area contributed by atoms with Gasteiger partial charge in [0.1, 0.15) is 5.82 Å². The Bertz CT molecular complexity index is 613. The first kappa shape index (κ1) is 14.7. The van der Waals surface area contributed by atoms with Crippen LogP contribution in [0.5, 0.6) is 0 Å². The highest BCUT2D eigenvalue weighted by atomic mass is 19.1. The molecule has 2 aromatic rings. The Morgan fingerprint density at radius 2 is 2.00 bits per heavy atom. The normalized spacial score (nSPS) is 15.0. The molecule has 0 atom stereocenters. The summed E-state index contributed by atoms with van der Waals surface area (Å²) in [6, 6.07) is 7.27. The molecule has 1 fully saturated rings. The largest absolute Gasteiger partial charge is 0.366 e. The quantitative estimate of drug-likeness (QED) is 0.858. The number of hydrogen-bond donors (Lipinski definition) is 2. The second-order valence-corrected chi connectivity index (χ2v) is 5.56. The molecule has 22 heavy (non-hydrogen) atoms. The van der Waals surface area contributed by atoms with Crippen LogP contribution in [0.4, 0.5) is 16.2 Å². The fraction of sp³-hybridized carbons (Fsp3) is 0.438. The van der Waals surface area contributed by atoms with Gasteiger partial charge in [0.2, 0.25) is 5.95 Å². The summed E-state index contributed by atoms with van der Waals surface area (Å²) in [4.78, 5) is 4.40. The van der Waals surface area contributed by atoms with E-state index in [1.165, 1.54) is 31.7 Å². The van der Waals surface area contributed by atoms with Crippen molar-refractivity contribution < 1.29 is 4.39 Å². The summed E-state index contributed by atoms with van der Waals surface area (Å²) in [5.41, 5.74) is 0.684. The number of benzene rings is 1. The summed E-state index contributed by atoms with van der Waals surface area (Å²) in [7, 11) is 0. The molecule has 1 aliphatic rings. The standard InChI is InChI=1S/C16H20FN5/c17-14-8-4-1-5-12(14)9-10-18-16-21-15(11-19-22-16)20-13-6-2-3-7-13/h1,4-5,8,11,13H,2-3,6-7,9-10H2,(H2,18,20,21,22). The molecule has 1 heterocycles. The number of nitrogens with zero attached hydrogens (tertiary/aromatic N) is 3. The maximum absolute atomic E-state index is 13.5. The highest BCUT2D eigenvalue weighted by Crippen LogP contribution is 2.21. The van der Waals surface area contributed by atoms with Gasteiger partial charge in [-0.05, 0) is 30.9 Å². The van der Waals surface area contributed by atoms with Gasteiger partial charge in [0.15, 0.2) is 5.82 Å². The number of aromatic nitrogens is 3. The molecule has 0 unspecified atom stereocenters. The van der Waals surface area contributed by atoms with Crippen molar-refractivity contribution in [2.45, 2.75) is 38.1 Å². The zero-order chi connectivity index (χ0) is 15.2. The van der Waals surface area contributed by atoms with Crippen LogP contribution in [0.2, 0.25) is 0 Å². The molecule has 2 N–H and O–H groups in total. The maximum atomic E-state index is 13.5. The van der Waals surface area contributed by atoms with Crippen molar-refractivity contribution in [3.8, 4) is 0 Å². The molecule has 0 radical (unpaired) electrons. The third-order valence-electron chi connectivity index (χ3n) is 3.90. The smallest absolute Gasteiger partial charge is 0.244 e. The van der Waals surface area contributed by atoms with E-state index in [0.29, 0.717) is 30.5 Å². The third-order valence-corrected chi connectivity index (χ3v) is 3.90. The van der Waals surface area contributed by atoms with E-state index in [4.69, 9.17) is 0 Å². The minimum Gasteiger partial charge on any atom is -0.366 e. The van der Waals surface area contributed by atoms with Crippen LogP contribution >= 0.6 is 0 Å². The number of anilines is 2. The van der Waals surface area contributed by atoms with Crippen molar-refractivity contribution in [2.24, 2.45) is 0 Å². The lowest BCUT2D eigenvalue weighted by Gasteiger charge is -2.12. The molecule has 0 saturated heterocycles. The average molecular weight is 301 g/mol. The molecule has 1 aromatic heterocycles. The Kier molecular flexibility index (Phi) is 4.78. The van der Waals surface area contributed by atoms with Crippen LogP contribution in [-0.4, -0.2) is 27.8 Å². The Labute approximate surface area is 129 Å². The molecule has 0 aliphatic heterocycles. The van der Waals surface area contributed by atoms with Crippen molar-refractivity contribution in [2.75, 3.05) is 17.2 Å². The Morgan fingerprint density at radius 3 is 2.82 bits per heavy atom. The topological polar surface area (TPSA) is 62.7 Å². The predicted molar refractivity (Wildman–Crippen MR) is 84.3 cm³/mol. The zero-order valence-electron chi connectivity index (χ0n) is 12.4. The molecule has 0 bridgehead atoms. The molecule has 1 saturated carbocycles. The molecule has 6 heteroatoms. The van der Waals surface area contributed by atoms with Gasteiger partial charge >= 0.3 is 0 Å². The van der Waals surface area contributed by atoms with E-state index >= 15 is 0 Å². The first-order chi connectivity index (χ1) is 10.8. The first-order valence-corrected chi connectivity index (χ1v) is 7.75. The van der Waals surface area contributed by atoms with Gasteiger partial charge in [0.05, 0.1) is 6.20 Å². The van der Waals surface area contributed by atoms with E-state index in [2.05, 4.69) is 25.8 Å². The summed E-state index contributed by atoms with van der Waals surface area (Å²) < 4.78 is 13.5. The lowest BCUT2D eigenvalue weighted by atomic mass is 10.1. The van der Waals surface area contributed by atoms with Crippen molar-refractivity contribution in [1.29, 1.82) is 0 Å². The fourth-order valence-corrected chi connectivity index (χ4v) is 2.74. The number of rotatable bonds is 6. The summed E-state index contributed by atoms with van der Waals surface area (Å²) >= 11 is 0. The Balaban J connectivity index is 1.53. The average Bonchev–Trinajstić information content (AvgIpc) is 3.03. The molecular formula is C16H20FN5. The molecule has 0 amide bonds. The van der Waals surface area contributed by atoms with Gasteiger partial charge in [-0.3, -0.25) is 0 Å². The van der Waals surface area contributed by atoms with Crippen LogP contribution in [0.1, 0.15) is 31.2 Å². The molecule has 3 rings (SSSR count). The molecule has 1 aliphatic carbocycles. The van der Waals surface area contributed by atoms with Gasteiger partial charge in [0.25, 0.3) is 0 Å². The van der Waals surface area contributed by atoms with E-state index in [1.807, 2.05) is 6.07 Å². The predicted octanol–water partition coefficient (Wildman–Crippen LogP) is 3.02. The molecule has 116 valence electrons. The molecule has 0 spiro atoms. The summed E-state index contributed by atoms with van der Waals surface area (Å²) in [6.07, 6.45) is 7.12. The van der Waals surface area contributed by atoms with E-state index in [0.717, 1.165) is 5.82 Å². The van der Waals surface area contributed by atoms with Crippen LogP contribution in [0, 0.1) is 5.82 Å². The fourth-order valence-electron chi connectivity index (χ4n) is 2.74. The van der Waals surface area contributed by atoms with Crippen LogP contribution < -0.4 is 10.6 Å². The minimum absolute atomic E-state index is 0.181. The van der Waals surface area contributed by atoms with Crippen LogP contribution in [0.15, 0.2) is 30.5 Å². The van der Waals surface area contributed by atoms with E-state index in [1.54, 1.807) is 18.3 Å². The van der Waals surface area contributed by atoms with Gasteiger partial charge < -0.3 is 10.6 Å². The second-order valence-electron chi connectivity index (χ2n) is 5.56. The lowest BCUT2D eigenvalue weighted by molar-refractivity contribution is 0.610. The van der Waals surface area contributed by atoms with Gasteiger partial charge in [-0.1, -0.05) is 31.0 Å². The number of halogens is 1. The SMILES string of the molecule is Fc1ccccc1CCNc1nncc(NC2CCCC2)n1. The highest BCUT2D eigenvalue weighted by Gasteiger charge is 2.15. The van der Waals surface area contributed by atoms with Gasteiger partial charge in [-0.2, -0.15) is 10.1 Å². The van der Waals surface area contributed by atoms with Crippen molar-refractivity contribution >= 4 is 11.8 Å². The van der Waals surface area contributed by atoms with Crippen molar-refractivity contribution in [3.05, 3.63) is 41.8 Å². The van der Waals surface area contributed by atoms with Crippen molar-refractivity contribution in [1.82, 2.24) is 15.2 Å². The number of hydrogen-bond acceptors (Lipinski definition) is 5. The Morgan fingerprint density at radius 1 is 1.18 bits per heavy atom. The minimum atomic E-state index is -0.181. The monoisotopic (exact) mass is 301 g/mol. The van der Waals surface area contributed by atoms with Gasteiger partial charge in [-0.25, -0.2) is 4.39 Å². The zero-order valence-corrected chi connectivity index (χ0v) is 12.4. The molecule has 5 nitrogen and oxygen atoms in total. The summed E-state index contributed by atoms with van der Waals surface area (Å²) in [6.45, 7) is 0.565.